The van der Waals surface area contributed by atoms with E-state index in [1.807, 2.05) is 6.07 Å². The molecule has 1 amide bonds. The molecule has 0 aliphatic carbocycles. The second-order valence-electron chi connectivity index (χ2n) is 4.02. The molecule has 0 aliphatic heterocycles. The van der Waals surface area contributed by atoms with Crippen molar-refractivity contribution < 1.29 is 14.6 Å². The highest BCUT2D eigenvalue weighted by Gasteiger charge is 2.13. The van der Waals surface area contributed by atoms with Crippen LogP contribution in [0.2, 0.25) is 0 Å². The Labute approximate surface area is 122 Å². The Hall–Kier alpha value is -2.84. The van der Waals surface area contributed by atoms with Gasteiger partial charge in [0.1, 0.15) is 12.2 Å². The van der Waals surface area contributed by atoms with Crippen LogP contribution in [0.4, 0.5) is 5.69 Å². The van der Waals surface area contributed by atoms with E-state index in [2.05, 4.69) is 22.1 Å². The molecule has 0 spiro atoms. The molecule has 0 aliphatic rings. The number of amides is 1. The summed E-state index contributed by atoms with van der Waals surface area (Å²) < 4.78 is 5.07. The van der Waals surface area contributed by atoms with Crippen LogP contribution < -0.4 is 10.1 Å². The fourth-order valence-electron chi connectivity index (χ4n) is 1.75. The number of ether oxygens (including phenoxy) is 1. The lowest BCUT2D eigenvalue weighted by molar-refractivity contribution is 0.102. The van der Waals surface area contributed by atoms with Gasteiger partial charge in [0.25, 0.3) is 5.91 Å². The molecule has 0 radical (unpaired) electrons. The second-order valence-corrected chi connectivity index (χ2v) is 4.02. The smallest absolute Gasteiger partial charge is 0.261 e. The number of anilines is 1. The predicted octanol–water partition coefficient (Wildman–Crippen LogP) is 1.69. The normalized spacial score (nSPS) is 9.43. The van der Waals surface area contributed by atoms with E-state index in [1.54, 1.807) is 36.5 Å². The molecule has 1 heterocycles. The number of benzene rings is 1. The van der Waals surface area contributed by atoms with Crippen LogP contribution in [0.5, 0.6) is 5.88 Å². The first-order valence-electron chi connectivity index (χ1n) is 6.25. The minimum Gasteiger partial charge on any atom is -0.480 e. The van der Waals surface area contributed by atoms with E-state index in [4.69, 9.17) is 9.84 Å². The van der Waals surface area contributed by atoms with Gasteiger partial charge in [-0.15, -0.1) is 0 Å². The third-order valence-electron chi connectivity index (χ3n) is 2.69. The van der Waals surface area contributed by atoms with Crippen molar-refractivity contribution in [1.82, 2.24) is 4.98 Å². The van der Waals surface area contributed by atoms with Crippen molar-refractivity contribution in [3.05, 3.63) is 53.7 Å². The maximum absolute atomic E-state index is 12.3. The summed E-state index contributed by atoms with van der Waals surface area (Å²) in [5, 5.41) is 11.5. The van der Waals surface area contributed by atoms with Gasteiger partial charge in [0.05, 0.1) is 12.8 Å². The maximum Gasteiger partial charge on any atom is 0.261 e. The SMILES string of the molecule is COc1ncccc1C(=O)Nc1ccccc1C#CCO. The van der Waals surface area contributed by atoms with Gasteiger partial charge in [-0.2, -0.15) is 0 Å². The van der Waals surface area contributed by atoms with Crippen molar-refractivity contribution >= 4 is 11.6 Å². The number of methoxy groups -OCH3 is 1. The van der Waals surface area contributed by atoms with Gasteiger partial charge >= 0.3 is 0 Å². The highest BCUT2D eigenvalue weighted by Crippen LogP contribution is 2.18. The molecule has 0 saturated heterocycles. The van der Waals surface area contributed by atoms with Crippen LogP contribution in [0.25, 0.3) is 0 Å². The Kier molecular flexibility index (Phi) is 4.91. The fourth-order valence-corrected chi connectivity index (χ4v) is 1.75. The van der Waals surface area contributed by atoms with Crippen molar-refractivity contribution in [3.8, 4) is 17.7 Å². The summed E-state index contributed by atoms with van der Waals surface area (Å²) in [6.45, 7) is -0.237. The number of aromatic nitrogens is 1. The van der Waals surface area contributed by atoms with Crippen molar-refractivity contribution in [2.45, 2.75) is 0 Å². The van der Waals surface area contributed by atoms with Gasteiger partial charge in [0.2, 0.25) is 5.88 Å². The number of pyridine rings is 1. The van der Waals surface area contributed by atoms with Crippen molar-refractivity contribution in [2.24, 2.45) is 0 Å². The summed E-state index contributed by atoms with van der Waals surface area (Å²) in [4.78, 5) is 16.3. The second kappa shape index (κ2) is 7.08. The molecule has 5 heteroatoms. The minimum absolute atomic E-state index is 0.237. The van der Waals surface area contributed by atoms with Gasteiger partial charge in [0, 0.05) is 11.8 Å². The summed E-state index contributed by atoms with van der Waals surface area (Å²) in [5.41, 5.74) is 1.53. The Morgan fingerprint density at radius 3 is 2.90 bits per heavy atom. The largest absolute Gasteiger partial charge is 0.480 e. The molecule has 0 unspecified atom stereocenters. The number of nitrogens with zero attached hydrogens (tertiary/aromatic N) is 1. The van der Waals surface area contributed by atoms with Gasteiger partial charge in [0.15, 0.2) is 0 Å². The minimum atomic E-state index is -0.335. The molecule has 2 aromatic rings. The summed E-state index contributed by atoms with van der Waals surface area (Å²) in [6.07, 6.45) is 1.55. The molecule has 0 atom stereocenters. The highest BCUT2D eigenvalue weighted by atomic mass is 16.5. The Morgan fingerprint density at radius 1 is 1.33 bits per heavy atom. The van der Waals surface area contributed by atoms with E-state index in [0.717, 1.165) is 0 Å². The quantitative estimate of drug-likeness (QED) is 0.840. The molecular weight excluding hydrogens is 268 g/mol. The molecule has 1 aromatic heterocycles. The topological polar surface area (TPSA) is 71.5 Å². The van der Waals surface area contributed by atoms with E-state index < -0.39 is 0 Å². The Bertz CT molecular complexity index is 702. The van der Waals surface area contributed by atoms with Crippen LogP contribution in [-0.4, -0.2) is 29.7 Å². The van der Waals surface area contributed by atoms with E-state index in [0.29, 0.717) is 16.8 Å². The Balaban J connectivity index is 2.28. The van der Waals surface area contributed by atoms with Crippen LogP contribution in [0, 0.1) is 11.8 Å². The van der Waals surface area contributed by atoms with Crippen LogP contribution in [0.1, 0.15) is 15.9 Å². The summed E-state index contributed by atoms with van der Waals surface area (Å²) in [7, 11) is 1.46. The highest BCUT2D eigenvalue weighted by molar-refractivity contribution is 6.06. The lowest BCUT2D eigenvalue weighted by Gasteiger charge is -2.09. The molecule has 5 nitrogen and oxygen atoms in total. The predicted molar refractivity (Wildman–Crippen MR) is 79.1 cm³/mol. The standard InChI is InChI=1S/C16H14N2O3/c1-21-16-13(8-4-10-17-16)15(20)18-14-9-3-2-6-12(14)7-5-11-19/h2-4,6,8-10,19H,11H2,1H3,(H,18,20). The molecule has 0 bridgehead atoms. The molecule has 0 saturated carbocycles. The first-order chi connectivity index (χ1) is 10.3. The van der Waals surface area contributed by atoms with Gasteiger partial charge in [-0.1, -0.05) is 24.0 Å². The summed E-state index contributed by atoms with van der Waals surface area (Å²) in [5.74, 6) is 5.27. The lowest BCUT2D eigenvalue weighted by Crippen LogP contribution is -2.14. The van der Waals surface area contributed by atoms with Crippen LogP contribution in [0.15, 0.2) is 42.6 Å². The molecule has 106 valence electrons. The average Bonchev–Trinajstić information content (AvgIpc) is 2.54. The number of carbonyl (C=O) groups excluding carboxylic acids is 1. The van der Waals surface area contributed by atoms with Crippen LogP contribution in [0.3, 0.4) is 0 Å². The van der Waals surface area contributed by atoms with E-state index in [1.165, 1.54) is 7.11 Å². The average molecular weight is 282 g/mol. The third-order valence-corrected chi connectivity index (χ3v) is 2.69. The summed E-state index contributed by atoms with van der Waals surface area (Å²) in [6, 6.07) is 10.4. The van der Waals surface area contributed by atoms with Gasteiger partial charge < -0.3 is 15.2 Å². The summed E-state index contributed by atoms with van der Waals surface area (Å²) >= 11 is 0. The van der Waals surface area contributed by atoms with E-state index in [-0.39, 0.29) is 18.4 Å². The first kappa shape index (κ1) is 14.6. The number of nitrogens with one attached hydrogen (secondary N) is 1. The third kappa shape index (κ3) is 3.59. The number of rotatable bonds is 3. The molecule has 1 aromatic carbocycles. The number of hydrogen-bond donors (Lipinski definition) is 2. The van der Waals surface area contributed by atoms with Crippen LogP contribution in [-0.2, 0) is 0 Å². The molecule has 2 N–H and O–H groups in total. The fraction of sp³-hybridized carbons (Fsp3) is 0.125. The van der Waals surface area contributed by atoms with Crippen molar-refractivity contribution in [3.63, 3.8) is 0 Å². The number of aliphatic hydroxyl groups excluding tert-OH is 1. The lowest BCUT2D eigenvalue weighted by atomic mass is 10.1. The van der Waals surface area contributed by atoms with Crippen molar-refractivity contribution in [2.75, 3.05) is 19.0 Å². The Morgan fingerprint density at radius 2 is 2.14 bits per heavy atom. The van der Waals surface area contributed by atoms with Gasteiger partial charge in [-0.3, -0.25) is 4.79 Å². The number of aliphatic hydroxyl groups is 1. The maximum atomic E-state index is 12.3. The molecule has 0 fully saturated rings. The number of hydrogen-bond acceptors (Lipinski definition) is 4. The van der Waals surface area contributed by atoms with E-state index >= 15 is 0 Å². The van der Waals surface area contributed by atoms with Crippen molar-refractivity contribution in [1.29, 1.82) is 0 Å². The molecule has 2 rings (SSSR count). The zero-order chi connectivity index (χ0) is 15.1. The van der Waals surface area contributed by atoms with Gasteiger partial charge in [-0.25, -0.2) is 4.98 Å². The zero-order valence-corrected chi connectivity index (χ0v) is 11.5. The molecule has 21 heavy (non-hydrogen) atoms. The monoisotopic (exact) mass is 282 g/mol. The van der Waals surface area contributed by atoms with E-state index in [9.17, 15) is 4.79 Å². The zero-order valence-electron chi connectivity index (χ0n) is 11.5. The van der Waals surface area contributed by atoms with Crippen LogP contribution >= 0.6 is 0 Å². The van der Waals surface area contributed by atoms with Gasteiger partial charge in [-0.05, 0) is 24.3 Å². The first-order valence-corrected chi connectivity index (χ1v) is 6.25. The number of para-hydroxylation sites is 1. The molecular formula is C16H14N2O3. The number of carbonyl (C=O) groups is 1.